The fourth-order valence-corrected chi connectivity index (χ4v) is 5.18. The average Bonchev–Trinajstić information content (AvgIpc) is 2.82. The number of rotatable bonds is 6. The smallest absolute Gasteiger partial charge is 0.266 e. The lowest BCUT2D eigenvalue weighted by Gasteiger charge is -2.33. The number of amides is 1. The third kappa shape index (κ3) is 4.67. The third-order valence-electron chi connectivity index (χ3n) is 6.31. The largest absolute Gasteiger partial charge is 0.497 e. The molecule has 0 spiro atoms. The molecule has 2 aromatic carbocycles. The van der Waals surface area contributed by atoms with Gasteiger partial charge >= 0.3 is 0 Å². The fraction of sp³-hybridized carbons (Fsp3) is 0.400. The zero-order chi connectivity index (χ0) is 22.7. The Labute approximate surface area is 192 Å². The zero-order valence-electron chi connectivity index (χ0n) is 18.8. The Balaban J connectivity index is 1.64. The molecule has 0 bridgehead atoms. The van der Waals surface area contributed by atoms with Crippen LogP contribution in [0.15, 0.2) is 58.5 Å². The molecule has 1 aliphatic rings. The maximum absolute atomic E-state index is 13.4. The predicted octanol–water partition coefficient (Wildman–Crippen LogP) is 4.52. The summed E-state index contributed by atoms with van der Waals surface area (Å²) in [7, 11) is 3.49. The van der Waals surface area contributed by atoms with Crippen LogP contribution in [0.2, 0.25) is 0 Å². The maximum atomic E-state index is 13.4. The summed E-state index contributed by atoms with van der Waals surface area (Å²) in [4.78, 5) is 33.0. The van der Waals surface area contributed by atoms with Crippen LogP contribution in [0.25, 0.3) is 16.6 Å². The number of methoxy groups -OCH3 is 1. The Kier molecular flexibility index (Phi) is 6.84. The number of nitrogens with zero attached hydrogens (tertiary/aromatic N) is 3. The van der Waals surface area contributed by atoms with Crippen LogP contribution in [0.4, 0.5) is 0 Å². The van der Waals surface area contributed by atoms with Gasteiger partial charge in [0.1, 0.15) is 5.75 Å². The first kappa shape index (κ1) is 22.4. The number of carbonyl (C=O) groups excluding carboxylic acids is 1. The molecule has 0 atom stereocenters. The van der Waals surface area contributed by atoms with Gasteiger partial charge in [-0.15, -0.1) is 0 Å². The summed E-state index contributed by atoms with van der Waals surface area (Å²) < 4.78 is 6.92. The van der Waals surface area contributed by atoms with Gasteiger partial charge in [-0.1, -0.05) is 36.9 Å². The molecule has 1 saturated carbocycles. The number of aromatic nitrogens is 2. The first-order valence-corrected chi connectivity index (χ1v) is 12.0. The van der Waals surface area contributed by atoms with E-state index in [0.717, 1.165) is 31.6 Å². The molecule has 1 amide bonds. The minimum Gasteiger partial charge on any atom is -0.497 e. The maximum Gasteiger partial charge on any atom is 0.266 e. The summed E-state index contributed by atoms with van der Waals surface area (Å²) in [6, 6.07) is 14.9. The van der Waals surface area contributed by atoms with Gasteiger partial charge in [0.25, 0.3) is 5.56 Å². The predicted molar refractivity (Wildman–Crippen MR) is 129 cm³/mol. The molecular formula is C25H29N3O3S. The van der Waals surface area contributed by atoms with E-state index < -0.39 is 0 Å². The molecule has 4 rings (SSSR count). The number of hydrogen-bond acceptors (Lipinski definition) is 5. The molecule has 168 valence electrons. The molecule has 0 saturated heterocycles. The van der Waals surface area contributed by atoms with Gasteiger partial charge in [0.05, 0.1) is 29.5 Å². The molecule has 6 nitrogen and oxygen atoms in total. The molecule has 3 aromatic rings. The number of ether oxygens (including phenoxy) is 1. The molecule has 1 aliphatic carbocycles. The fourth-order valence-electron chi connectivity index (χ4n) is 4.25. The van der Waals surface area contributed by atoms with Crippen molar-refractivity contribution < 1.29 is 9.53 Å². The van der Waals surface area contributed by atoms with E-state index in [1.54, 1.807) is 23.8 Å². The van der Waals surface area contributed by atoms with Crippen LogP contribution in [-0.4, -0.2) is 46.3 Å². The van der Waals surface area contributed by atoms with E-state index in [0.29, 0.717) is 33.5 Å². The van der Waals surface area contributed by atoms with Gasteiger partial charge in [0.15, 0.2) is 5.16 Å². The number of thioether (sulfide) groups is 1. The van der Waals surface area contributed by atoms with E-state index >= 15 is 0 Å². The van der Waals surface area contributed by atoms with Gasteiger partial charge in [-0.25, -0.2) is 4.98 Å². The SMILES string of the molecule is COc1cccc(-n2c(SCC(=O)N(C)C3CCC(C)CC3)nc3ccccc3c2=O)c1. The van der Waals surface area contributed by atoms with E-state index in [1.807, 2.05) is 48.3 Å². The summed E-state index contributed by atoms with van der Waals surface area (Å²) in [5.74, 6) is 1.69. The van der Waals surface area contributed by atoms with Crippen LogP contribution in [0, 0.1) is 5.92 Å². The van der Waals surface area contributed by atoms with Crippen LogP contribution in [0.3, 0.4) is 0 Å². The number of fused-ring (bicyclic) bond motifs is 1. The summed E-state index contributed by atoms with van der Waals surface area (Å²) >= 11 is 1.31. The highest BCUT2D eigenvalue weighted by molar-refractivity contribution is 7.99. The summed E-state index contributed by atoms with van der Waals surface area (Å²) in [5, 5.41) is 1.04. The Bertz CT molecular complexity index is 1170. The second kappa shape index (κ2) is 9.77. The van der Waals surface area contributed by atoms with Crippen molar-refractivity contribution in [2.45, 2.75) is 43.8 Å². The Morgan fingerprint density at radius 2 is 1.91 bits per heavy atom. The minimum atomic E-state index is -0.159. The van der Waals surface area contributed by atoms with Gasteiger partial charge in [0, 0.05) is 19.2 Å². The van der Waals surface area contributed by atoms with Crippen molar-refractivity contribution in [1.29, 1.82) is 0 Å². The van der Waals surface area contributed by atoms with Crippen LogP contribution < -0.4 is 10.3 Å². The Morgan fingerprint density at radius 3 is 2.66 bits per heavy atom. The Hall–Kier alpha value is -2.80. The quantitative estimate of drug-likeness (QED) is 0.407. The molecule has 0 aliphatic heterocycles. The Morgan fingerprint density at radius 1 is 1.16 bits per heavy atom. The first-order valence-electron chi connectivity index (χ1n) is 11.0. The average molecular weight is 452 g/mol. The van der Waals surface area contributed by atoms with Crippen molar-refractivity contribution in [3.05, 3.63) is 58.9 Å². The normalized spacial score (nSPS) is 18.5. The van der Waals surface area contributed by atoms with Gasteiger partial charge in [0.2, 0.25) is 5.91 Å². The number of benzene rings is 2. The van der Waals surface area contributed by atoms with Gasteiger partial charge in [-0.05, 0) is 55.9 Å². The highest BCUT2D eigenvalue weighted by Crippen LogP contribution is 2.28. The molecule has 0 N–H and O–H groups in total. The minimum absolute atomic E-state index is 0.0640. The monoisotopic (exact) mass is 451 g/mol. The molecule has 1 fully saturated rings. The second-order valence-corrected chi connectivity index (χ2v) is 9.40. The summed E-state index contributed by atoms with van der Waals surface area (Å²) in [6.07, 6.45) is 4.43. The van der Waals surface area contributed by atoms with Crippen LogP contribution in [-0.2, 0) is 4.79 Å². The lowest BCUT2D eigenvalue weighted by Crippen LogP contribution is -2.40. The van der Waals surface area contributed by atoms with Crippen molar-refractivity contribution >= 4 is 28.6 Å². The summed E-state index contributed by atoms with van der Waals surface area (Å²) in [6.45, 7) is 2.27. The molecular weight excluding hydrogens is 422 g/mol. The lowest BCUT2D eigenvalue weighted by molar-refractivity contribution is -0.129. The van der Waals surface area contributed by atoms with Gasteiger partial charge < -0.3 is 9.64 Å². The van der Waals surface area contributed by atoms with E-state index in [4.69, 9.17) is 9.72 Å². The van der Waals surface area contributed by atoms with Crippen molar-refractivity contribution in [2.75, 3.05) is 19.9 Å². The molecule has 1 aromatic heterocycles. The third-order valence-corrected chi connectivity index (χ3v) is 7.23. The van der Waals surface area contributed by atoms with Crippen molar-refractivity contribution in [3.8, 4) is 11.4 Å². The molecule has 1 heterocycles. The number of hydrogen-bond donors (Lipinski definition) is 0. The molecule has 0 unspecified atom stereocenters. The van der Waals surface area contributed by atoms with Crippen LogP contribution >= 0.6 is 11.8 Å². The van der Waals surface area contributed by atoms with Crippen LogP contribution in [0.5, 0.6) is 5.75 Å². The van der Waals surface area contributed by atoms with Crippen molar-refractivity contribution in [1.82, 2.24) is 14.5 Å². The van der Waals surface area contributed by atoms with E-state index in [2.05, 4.69) is 6.92 Å². The zero-order valence-corrected chi connectivity index (χ0v) is 19.6. The number of carbonyl (C=O) groups is 1. The van der Waals surface area contributed by atoms with E-state index in [9.17, 15) is 9.59 Å². The van der Waals surface area contributed by atoms with Crippen LogP contribution in [0.1, 0.15) is 32.6 Å². The van der Waals surface area contributed by atoms with Gasteiger partial charge in [-0.2, -0.15) is 0 Å². The topological polar surface area (TPSA) is 64.4 Å². The first-order chi connectivity index (χ1) is 15.5. The molecule has 32 heavy (non-hydrogen) atoms. The second-order valence-electron chi connectivity index (χ2n) is 8.46. The van der Waals surface area contributed by atoms with Crippen molar-refractivity contribution in [3.63, 3.8) is 0 Å². The lowest BCUT2D eigenvalue weighted by atomic mass is 9.87. The van der Waals surface area contributed by atoms with Gasteiger partial charge in [-0.3, -0.25) is 14.2 Å². The number of para-hydroxylation sites is 1. The summed E-state index contributed by atoms with van der Waals surface area (Å²) in [5.41, 5.74) is 1.13. The highest BCUT2D eigenvalue weighted by Gasteiger charge is 2.25. The van der Waals surface area contributed by atoms with E-state index in [1.165, 1.54) is 11.8 Å². The standard InChI is InChI=1S/C25H29N3O3S/c1-17-11-13-18(14-12-17)27(2)23(29)16-32-25-26-22-10-5-4-9-21(22)24(30)28(25)19-7-6-8-20(15-19)31-3/h4-10,15,17-18H,11-14,16H2,1-3H3. The van der Waals surface area contributed by atoms with Crippen molar-refractivity contribution in [2.24, 2.45) is 5.92 Å². The molecule has 7 heteroatoms. The highest BCUT2D eigenvalue weighted by atomic mass is 32.2. The van der Waals surface area contributed by atoms with E-state index in [-0.39, 0.29) is 17.2 Å². The molecule has 0 radical (unpaired) electrons.